The Morgan fingerprint density at radius 1 is 1.26 bits per heavy atom. The fraction of sp³-hybridized carbons (Fsp3) is 0.333. The number of benzene rings is 1. The Labute approximate surface area is 112 Å². The number of esters is 1. The third-order valence-electron chi connectivity index (χ3n) is 2.54. The van der Waals surface area contributed by atoms with E-state index < -0.39 is 0 Å². The van der Waals surface area contributed by atoms with Gasteiger partial charge in [-0.3, -0.25) is 0 Å². The lowest BCUT2D eigenvalue weighted by Gasteiger charge is -2.10. The van der Waals surface area contributed by atoms with E-state index in [9.17, 15) is 4.79 Å². The molecule has 0 aliphatic carbocycles. The van der Waals surface area contributed by atoms with Gasteiger partial charge in [0.05, 0.1) is 6.10 Å². The number of carbonyl (C=O) groups is 1. The van der Waals surface area contributed by atoms with E-state index in [0.717, 1.165) is 16.6 Å². The minimum absolute atomic E-state index is 0.104. The minimum Gasteiger partial charge on any atom is -0.480 e. The number of nitrogens with zero attached hydrogens (tertiary/aromatic N) is 1. The fourth-order valence-corrected chi connectivity index (χ4v) is 1.77. The van der Waals surface area contributed by atoms with E-state index in [4.69, 9.17) is 9.47 Å². The third kappa shape index (κ3) is 3.44. The predicted molar refractivity (Wildman–Crippen MR) is 73.2 cm³/mol. The van der Waals surface area contributed by atoms with Crippen molar-refractivity contribution in [3.63, 3.8) is 0 Å². The molecule has 4 heteroatoms. The van der Waals surface area contributed by atoms with Gasteiger partial charge >= 0.3 is 5.97 Å². The molecular weight excluding hydrogens is 242 g/mol. The maximum atomic E-state index is 11.5. The Morgan fingerprint density at radius 2 is 2.05 bits per heavy atom. The number of ether oxygens (including phenoxy) is 2. The van der Waals surface area contributed by atoms with Crippen molar-refractivity contribution < 1.29 is 14.3 Å². The van der Waals surface area contributed by atoms with Crippen LogP contribution in [0, 0.1) is 6.92 Å². The molecule has 0 saturated carbocycles. The van der Waals surface area contributed by atoms with Crippen LogP contribution in [0.25, 0.3) is 10.9 Å². The SMILES string of the molecule is Cc1ccc2cccc(OCC(=O)OC(C)C)c2n1. The largest absolute Gasteiger partial charge is 0.480 e. The zero-order valence-electron chi connectivity index (χ0n) is 11.3. The maximum Gasteiger partial charge on any atom is 0.344 e. The summed E-state index contributed by atoms with van der Waals surface area (Å²) in [7, 11) is 0. The number of para-hydroxylation sites is 1. The summed E-state index contributed by atoms with van der Waals surface area (Å²) < 4.78 is 10.5. The molecule has 2 aromatic rings. The van der Waals surface area contributed by atoms with E-state index in [-0.39, 0.29) is 18.7 Å². The Morgan fingerprint density at radius 3 is 2.79 bits per heavy atom. The Kier molecular flexibility index (Phi) is 4.00. The summed E-state index contributed by atoms with van der Waals surface area (Å²) >= 11 is 0. The van der Waals surface area contributed by atoms with Gasteiger partial charge in [0.2, 0.25) is 0 Å². The molecule has 0 aliphatic rings. The van der Waals surface area contributed by atoms with Crippen molar-refractivity contribution in [2.24, 2.45) is 0 Å². The van der Waals surface area contributed by atoms with E-state index in [1.165, 1.54) is 0 Å². The third-order valence-corrected chi connectivity index (χ3v) is 2.54. The van der Waals surface area contributed by atoms with Crippen molar-refractivity contribution >= 4 is 16.9 Å². The molecule has 0 aliphatic heterocycles. The maximum absolute atomic E-state index is 11.5. The summed E-state index contributed by atoms with van der Waals surface area (Å²) in [5.41, 5.74) is 1.67. The van der Waals surface area contributed by atoms with E-state index in [1.807, 2.05) is 31.2 Å². The van der Waals surface area contributed by atoms with Crippen molar-refractivity contribution in [2.75, 3.05) is 6.61 Å². The summed E-state index contributed by atoms with van der Waals surface area (Å²) in [6.07, 6.45) is -0.135. The molecule has 0 unspecified atom stereocenters. The average Bonchev–Trinajstić information content (AvgIpc) is 2.35. The quantitative estimate of drug-likeness (QED) is 0.792. The van der Waals surface area contributed by atoms with Crippen LogP contribution in [0.1, 0.15) is 19.5 Å². The number of hydrogen-bond donors (Lipinski definition) is 0. The van der Waals surface area contributed by atoms with Gasteiger partial charge in [-0.15, -0.1) is 0 Å². The summed E-state index contributed by atoms with van der Waals surface area (Å²) in [5, 5.41) is 0.986. The van der Waals surface area contributed by atoms with Crippen LogP contribution in [0.15, 0.2) is 30.3 Å². The Balaban J connectivity index is 2.16. The monoisotopic (exact) mass is 259 g/mol. The first kappa shape index (κ1) is 13.3. The number of rotatable bonds is 4. The molecule has 1 aromatic heterocycles. The second kappa shape index (κ2) is 5.69. The number of pyridine rings is 1. The zero-order valence-corrected chi connectivity index (χ0v) is 11.3. The van der Waals surface area contributed by atoms with Gasteiger partial charge in [0.1, 0.15) is 11.3 Å². The molecule has 0 fully saturated rings. The number of aromatic nitrogens is 1. The Hall–Kier alpha value is -2.10. The zero-order chi connectivity index (χ0) is 13.8. The normalized spacial score (nSPS) is 10.7. The summed E-state index contributed by atoms with van der Waals surface area (Å²) in [6.45, 7) is 5.43. The number of aryl methyl sites for hydroxylation is 1. The van der Waals surface area contributed by atoms with Crippen molar-refractivity contribution in [3.8, 4) is 5.75 Å². The Bertz CT molecular complexity index is 593. The van der Waals surface area contributed by atoms with Gasteiger partial charge in [0.25, 0.3) is 0 Å². The predicted octanol–water partition coefficient (Wildman–Crippen LogP) is 2.87. The molecule has 0 amide bonds. The standard InChI is InChI=1S/C15H17NO3/c1-10(2)19-14(17)9-18-13-6-4-5-12-8-7-11(3)16-15(12)13/h4-8,10H,9H2,1-3H3. The lowest BCUT2D eigenvalue weighted by Crippen LogP contribution is -2.18. The molecule has 0 bridgehead atoms. The molecule has 1 heterocycles. The first-order valence-corrected chi connectivity index (χ1v) is 6.25. The van der Waals surface area contributed by atoms with Gasteiger partial charge in [-0.25, -0.2) is 9.78 Å². The van der Waals surface area contributed by atoms with Crippen LogP contribution in [-0.2, 0) is 9.53 Å². The topological polar surface area (TPSA) is 48.4 Å². The van der Waals surface area contributed by atoms with Gasteiger partial charge in [0.15, 0.2) is 6.61 Å². The number of fused-ring (bicyclic) bond motifs is 1. The van der Waals surface area contributed by atoms with Crippen molar-refractivity contribution in [1.29, 1.82) is 0 Å². The highest BCUT2D eigenvalue weighted by Gasteiger charge is 2.09. The second-order valence-corrected chi connectivity index (χ2v) is 4.61. The van der Waals surface area contributed by atoms with E-state index in [1.54, 1.807) is 19.9 Å². The highest BCUT2D eigenvalue weighted by Crippen LogP contribution is 2.23. The lowest BCUT2D eigenvalue weighted by atomic mass is 10.2. The molecule has 0 N–H and O–H groups in total. The fourth-order valence-electron chi connectivity index (χ4n) is 1.77. The van der Waals surface area contributed by atoms with Gasteiger partial charge in [-0.2, -0.15) is 0 Å². The highest BCUT2D eigenvalue weighted by molar-refractivity contribution is 5.85. The van der Waals surface area contributed by atoms with Crippen molar-refractivity contribution in [3.05, 3.63) is 36.0 Å². The number of carbonyl (C=O) groups excluding carboxylic acids is 1. The van der Waals surface area contributed by atoms with Crippen LogP contribution in [0.3, 0.4) is 0 Å². The first-order valence-electron chi connectivity index (χ1n) is 6.25. The van der Waals surface area contributed by atoms with E-state index in [2.05, 4.69) is 4.98 Å². The molecule has 4 nitrogen and oxygen atoms in total. The number of hydrogen-bond acceptors (Lipinski definition) is 4. The van der Waals surface area contributed by atoms with Gasteiger partial charge in [-0.1, -0.05) is 18.2 Å². The second-order valence-electron chi connectivity index (χ2n) is 4.61. The molecule has 0 spiro atoms. The lowest BCUT2D eigenvalue weighted by molar-refractivity contribution is -0.149. The molecule has 2 rings (SSSR count). The summed E-state index contributed by atoms with van der Waals surface area (Å²) in [4.78, 5) is 15.9. The van der Waals surface area contributed by atoms with Crippen LogP contribution in [0.4, 0.5) is 0 Å². The molecule has 19 heavy (non-hydrogen) atoms. The smallest absolute Gasteiger partial charge is 0.344 e. The van der Waals surface area contributed by atoms with Crippen LogP contribution in [0.2, 0.25) is 0 Å². The molecule has 0 radical (unpaired) electrons. The average molecular weight is 259 g/mol. The van der Waals surface area contributed by atoms with Gasteiger partial charge < -0.3 is 9.47 Å². The molecule has 100 valence electrons. The van der Waals surface area contributed by atoms with Crippen LogP contribution in [0.5, 0.6) is 5.75 Å². The van der Waals surface area contributed by atoms with E-state index >= 15 is 0 Å². The molecular formula is C15H17NO3. The van der Waals surface area contributed by atoms with Gasteiger partial charge in [-0.05, 0) is 32.9 Å². The molecule has 1 aromatic carbocycles. The van der Waals surface area contributed by atoms with Crippen molar-refractivity contribution in [1.82, 2.24) is 4.98 Å². The molecule has 0 atom stereocenters. The summed E-state index contributed by atoms with van der Waals surface area (Å²) in [5.74, 6) is 0.224. The van der Waals surface area contributed by atoms with E-state index in [0.29, 0.717) is 5.75 Å². The van der Waals surface area contributed by atoms with Crippen molar-refractivity contribution in [2.45, 2.75) is 26.9 Å². The highest BCUT2D eigenvalue weighted by atomic mass is 16.6. The molecule has 0 saturated heterocycles. The minimum atomic E-state index is -0.375. The van der Waals surface area contributed by atoms with Crippen LogP contribution < -0.4 is 4.74 Å². The van der Waals surface area contributed by atoms with Crippen LogP contribution in [-0.4, -0.2) is 23.7 Å². The van der Waals surface area contributed by atoms with Crippen LogP contribution >= 0.6 is 0 Å². The van der Waals surface area contributed by atoms with Gasteiger partial charge in [0, 0.05) is 11.1 Å². The summed E-state index contributed by atoms with van der Waals surface area (Å²) in [6, 6.07) is 9.57. The first-order chi connectivity index (χ1) is 9.06.